The number of nitrogens with one attached hydrogen (secondary N) is 1. The van der Waals surface area contributed by atoms with Crippen LogP contribution in [-0.2, 0) is 32.6 Å². The topological polar surface area (TPSA) is 105 Å². The molecule has 4 aromatic carbocycles. The van der Waals surface area contributed by atoms with Crippen LogP contribution in [0.3, 0.4) is 0 Å². The standard InChI is InChI=1S/C36H39Cl2N3O6S/c1-5-19-39-36(43)32(20-26-9-7-6-8-10-26)40(23-27-13-14-28(37)21-31(27)38)35(42)24-41(29-15-11-25(2)12-16-29)48(44,45)30-17-18-33(46-3)34(22-30)47-4/h6-18,21-22,32H,5,19-20,23-24H2,1-4H3,(H,39,43)/t32-/m1/s1. The minimum Gasteiger partial charge on any atom is -0.493 e. The van der Waals surface area contributed by atoms with Gasteiger partial charge in [-0.15, -0.1) is 0 Å². The summed E-state index contributed by atoms with van der Waals surface area (Å²) in [7, 11) is -1.49. The van der Waals surface area contributed by atoms with E-state index in [0.717, 1.165) is 15.4 Å². The number of nitrogens with zero attached hydrogens (tertiary/aromatic N) is 2. The molecule has 0 aliphatic heterocycles. The second-order valence-corrected chi connectivity index (χ2v) is 13.8. The molecule has 0 heterocycles. The number of benzene rings is 4. The number of amides is 2. The van der Waals surface area contributed by atoms with Crippen LogP contribution in [0.2, 0.25) is 10.0 Å². The van der Waals surface area contributed by atoms with Gasteiger partial charge in [-0.1, -0.05) is 84.2 Å². The molecular formula is C36H39Cl2N3O6S. The minimum absolute atomic E-state index is 0.0793. The van der Waals surface area contributed by atoms with Crippen molar-refractivity contribution >= 4 is 50.7 Å². The maximum Gasteiger partial charge on any atom is 0.264 e. The zero-order valence-electron chi connectivity index (χ0n) is 27.3. The molecule has 4 rings (SSSR count). The van der Waals surface area contributed by atoms with Gasteiger partial charge in [-0.2, -0.15) is 0 Å². The van der Waals surface area contributed by atoms with Gasteiger partial charge in [0.15, 0.2) is 11.5 Å². The zero-order valence-corrected chi connectivity index (χ0v) is 29.6. The lowest BCUT2D eigenvalue weighted by Gasteiger charge is -2.34. The predicted octanol–water partition coefficient (Wildman–Crippen LogP) is 6.68. The Hall–Kier alpha value is -4.25. The third-order valence-electron chi connectivity index (χ3n) is 7.72. The molecular weight excluding hydrogens is 673 g/mol. The van der Waals surface area contributed by atoms with E-state index < -0.39 is 28.5 Å². The average molecular weight is 713 g/mol. The van der Waals surface area contributed by atoms with Gasteiger partial charge in [-0.25, -0.2) is 8.42 Å². The summed E-state index contributed by atoms with van der Waals surface area (Å²) in [5.74, 6) is -0.424. The van der Waals surface area contributed by atoms with E-state index in [4.69, 9.17) is 32.7 Å². The smallest absolute Gasteiger partial charge is 0.264 e. The predicted molar refractivity (Wildman–Crippen MR) is 190 cm³/mol. The molecule has 1 atom stereocenters. The Morgan fingerprint density at radius 2 is 1.56 bits per heavy atom. The lowest BCUT2D eigenvalue weighted by atomic mass is 10.0. The third-order valence-corrected chi connectivity index (χ3v) is 10.1. The van der Waals surface area contributed by atoms with E-state index in [1.807, 2.05) is 44.2 Å². The lowest BCUT2D eigenvalue weighted by molar-refractivity contribution is -0.140. The van der Waals surface area contributed by atoms with Gasteiger partial charge >= 0.3 is 0 Å². The van der Waals surface area contributed by atoms with Crippen LogP contribution in [0.4, 0.5) is 5.69 Å². The van der Waals surface area contributed by atoms with Gasteiger partial charge in [-0.3, -0.25) is 13.9 Å². The second kappa shape index (κ2) is 16.7. The number of hydrogen-bond acceptors (Lipinski definition) is 6. The van der Waals surface area contributed by atoms with Crippen molar-refractivity contribution in [1.82, 2.24) is 10.2 Å². The molecule has 0 saturated heterocycles. The monoisotopic (exact) mass is 711 g/mol. The van der Waals surface area contributed by atoms with Crippen molar-refractivity contribution in [2.75, 3.05) is 31.6 Å². The molecule has 0 aliphatic carbocycles. The fourth-order valence-corrected chi connectivity index (χ4v) is 7.00. The summed E-state index contributed by atoms with van der Waals surface area (Å²) in [6.07, 6.45) is 0.867. The average Bonchev–Trinajstić information content (AvgIpc) is 3.08. The third kappa shape index (κ3) is 9.00. The first kappa shape index (κ1) is 36.6. The van der Waals surface area contributed by atoms with E-state index in [2.05, 4.69) is 5.32 Å². The normalized spacial score (nSPS) is 11.8. The van der Waals surface area contributed by atoms with Crippen LogP contribution in [0.15, 0.2) is 95.9 Å². The minimum atomic E-state index is -4.35. The van der Waals surface area contributed by atoms with Crippen LogP contribution in [0.1, 0.15) is 30.0 Å². The number of carbonyl (C=O) groups excluding carboxylic acids is 2. The van der Waals surface area contributed by atoms with Crippen LogP contribution in [0.25, 0.3) is 0 Å². The van der Waals surface area contributed by atoms with Gasteiger partial charge in [0.05, 0.1) is 24.8 Å². The molecule has 0 aliphatic rings. The van der Waals surface area contributed by atoms with Crippen molar-refractivity contribution in [3.63, 3.8) is 0 Å². The van der Waals surface area contributed by atoms with Crippen LogP contribution < -0.4 is 19.1 Å². The van der Waals surface area contributed by atoms with Gasteiger partial charge in [-0.05, 0) is 60.9 Å². The Balaban J connectivity index is 1.83. The van der Waals surface area contributed by atoms with E-state index >= 15 is 0 Å². The Bertz CT molecular complexity index is 1820. The molecule has 4 aromatic rings. The number of sulfonamides is 1. The fourth-order valence-electron chi connectivity index (χ4n) is 5.10. The summed E-state index contributed by atoms with van der Waals surface area (Å²) >= 11 is 12.7. The van der Waals surface area contributed by atoms with Gasteiger partial charge < -0.3 is 19.7 Å². The first-order chi connectivity index (χ1) is 23.0. The van der Waals surface area contributed by atoms with E-state index in [1.54, 1.807) is 42.5 Å². The quantitative estimate of drug-likeness (QED) is 0.148. The molecule has 0 fully saturated rings. The van der Waals surface area contributed by atoms with Gasteiger partial charge in [0.1, 0.15) is 12.6 Å². The highest BCUT2D eigenvalue weighted by atomic mass is 35.5. The molecule has 0 unspecified atom stereocenters. The maximum atomic E-state index is 14.6. The van der Waals surface area contributed by atoms with Crippen molar-refractivity contribution in [3.8, 4) is 11.5 Å². The molecule has 0 bridgehead atoms. The lowest BCUT2D eigenvalue weighted by Crippen LogP contribution is -2.53. The molecule has 2 amide bonds. The summed E-state index contributed by atoms with van der Waals surface area (Å²) in [5.41, 5.74) is 2.54. The highest BCUT2D eigenvalue weighted by Gasteiger charge is 2.35. The molecule has 48 heavy (non-hydrogen) atoms. The number of rotatable bonds is 15. The first-order valence-electron chi connectivity index (χ1n) is 15.3. The number of anilines is 1. The summed E-state index contributed by atoms with van der Waals surface area (Å²) in [4.78, 5) is 29.7. The summed E-state index contributed by atoms with van der Waals surface area (Å²) in [6.45, 7) is 3.52. The number of carbonyl (C=O) groups is 2. The van der Waals surface area contributed by atoms with Crippen molar-refractivity contribution in [2.24, 2.45) is 0 Å². The molecule has 0 radical (unpaired) electrons. The maximum absolute atomic E-state index is 14.6. The molecule has 9 nitrogen and oxygen atoms in total. The van der Waals surface area contributed by atoms with E-state index in [-0.39, 0.29) is 35.2 Å². The molecule has 1 N–H and O–H groups in total. The number of methoxy groups -OCH3 is 2. The summed E-state index contributed by atoms with van der Waals surface area (Å²) < 4.78 is 40.5. The van der Waals surface area contributed by atoms with Crippen molar-refractivity contribution < 1.29 is 27.5 Å². The van der Waals surface area contributed by atoms with E-state index in [0.29, 0.717) is 34.3 Å². The number of aryl methyl sites for hydroxylation is 1. The van der Waals surface area contributed by atoms with Gasteiger partial charge in [0.25, 0.3) is 10.0 Å². The van der Waals surface area contributed by atoms with Crippen LogP contribution in [0.5, 0.6) is 11.5 Å². The molecule has 0 spiro atoms. The van der Waals surface area contributed by atoms with Gasteiger partial charge in [0, 0.05) is 35.6 Å². The Morgan fingerprint density at radius 1 is 0.875 bits per heavy atom. The van der Waals surface area contributed by atoms with Gasteiger partial charge in [0.2, 0.25) is 11.8 Å². The second-order valence-electron chi connectivity index (χ2n) is 11.1. The number of ether oxygens (including phenoxy) is 2. The molecule has 254 valence electrons. The Kier molecular flexibility index (Phi) is 12.7. The summed E-state index contributed by atoms with van der Waals surface area (Å²) in [6, 6.07) is 24.2. The number of hydrogen-bond donors (Lipinski definition) is 1. The Labute approximate surface area is 292 Å². The highest BCUT2D eigenvalue weighted by Crippen LogP contribution is 2.33. The fraction of sp³-hybridized carbons (Fsp3) is 0.278. The number of halogens is 2. The molecule has 0 saturated carbocycles. The zero-order chi connectivity index (χ0) is 34.8. The molecule has 0 aromatic heterocycles. The Morgan fingerprint density at radius 3 is 2.19 bits per heavy atom. The molecule has 12 heteroatoms. The summed E-state index contributed by atoms with van der Waals surface area (Å²) in [5, 5.41) is 3.64. The van der Waals surface area contributed by atoms with Crippen LogP contribution >= 0.6 is 23.2 Å². The SMILES string of the molecule is CCCNC(=O)[C@@H](Cc1ccccc1)N(Cc1ccc(Cl)cc1Cl)C(=O)CN(c1ccc(C)cc1)S(=O)(=O)c1ccc(OC)c(OC)c1. The van der Waals surface area contributed by atoms with Crippen molar-refractivity contribution in [3.05, 3.63) is 118 Å². The van der Waals surface area contributed by atoms with E-state index in [9.17, 15) is 18.0 Å². The van der Waals surface area contributed by atoms with Crippen LogP contribution in [0, 0.1) is 6.92 Å². The van der Waals surface area contributed by atoms with E-state index in [1.165, 1.54) is 37.3 Å². The van der Waals surface area contributed by atoms with Crippen molar-refractivity contribution in [2.45, 2.75) is 44.2 Å². The van der Waals surface area contributed by atoms with Crippen LogP contribution in [-0.4, -0.2) is 58.5 Å². The first-order valence-corrected chi connectivity index (χ1v) is 17.5. The highest BCUT2D eigenvalue weighted by molar-refractivity contribution is 7.92. The largest absolute Gasteiger partial charge is 0.493 e. The van der Waals surface area contributed by atoms with Crippen molar-refractivity contribution in [1.29, 1.82) is 0 Å².